The van der Waals surface area contributed by atoms with Gasteiger partial charge >= 0.3 is 0 Å². The lowest BCUT2D eigenvalue weighted by atomic mass is 10.2. The van der Waals surface area contributed by atoms with Gasteiger partial charge in [0.25, 0.3) is 5.91 Å². The Balaban J connectivity index is 1.52. The monoisotopic (exact) mass is 464 g/mol. The number of carbonyl (C=O) groups is 1. The van der Waals surface area contributed by atoms with E-state index in [9.17, 15) is 4.79 Å². The van der Waals surface area contributed by atoms with Crippen LogP contribution in [-0.4, -0.2) is 47.2 Å². The number of anilines is 2. The van der Waals surface area contributed by atoms with E-state index in [1.807, 2.05) is 24.3 Å². The van der Waals surface area contributed by atoms with Crippen molar-refractivity contribution in [3.05, 3.63) is 59.6 Å². The van der Waals surface area contributed by atoms with E-state index in [-0.39, 0.29) is 18.1 Å². The van der Waals surface area contributed by atoms with Crippen molar-refractivity contribution in [2.45, 2.75) is 13.5 Å². The molecule has 3 N–H and O–H groups in total. The second-order valence-corrected chi connectivity index (χ2v) is 7.29. The molecule has 4 aromatic rings. The molecule has 0 bridgehead atoms. The highest BCUT2D eigenvalue weighted by Gasteiger charge is 2.20. The van der Waals surface area contributed by atoms with Gasteiger partial charge in [0.05, 0.1) is 27.9 Å². The summed E-state index contributed by atoms with van der Waals surface area (Å²) in [6.45, 7) is 1.98. The van der Waals surface area contributed by atoms with E-state index < -0.39 is 5.91 Å². The SMILES string of the molecule is COc1ccc(-c2nc(Cn3nnc(C(=O)Nc4cc(OC)cc(OC)c4)c3N)c(C)o2)cc1. The lowest BCUT2D eigenvalue weighted by molar-refractivity contribution is 0.102. The van der Waals surface area contributed by atoms with E-state index in [1.54, 1.807) is 32.2 Å². The number of rotatable bonds is 8. The third-order valence-electron chi connectivity index (χ3n) is 5.13. The van der Waals surface area contributed by atoms with Gasteiger partial charge < -0.3 is 29.7 Å². The first-order valence-electron chi connectivity index (χ1n) is 10.3. The molecule has 0 aliphatic rings. The van der Waals surface area contributed by atoms with Crippen LogP contribution in [0.3, 0.4) is 0 Å². The molecule has 0 spiro atoms. The van der Waals surface area contributed by atoms with Crippen molar-refractivity contribution >= 4 is 17.4 Å². The van der Waals surface area contributed by atoms with Crippen LogP contribution in [0.2, 0.25) is 0 Å². The Morgan fingerprint density at radius 2 is 1.68 bits per heavy atom. The van der Waals surface area contributed by atoms with Crippen LogP contribution in [0.1, 0.15) is 21.9 Å². The van der Waals surface area contributed by atoms with E-state index in [1.165, 1.54) is 18.9 Å². The Kier molecular flexibility index (Phi) is 6.35. The van der Waals surface area contributed by atoms with Gasteiger partial charge in [-0.2, -0.15) is 0 Å². The Morgan fingerprint density at radius 3 is 2.29 bits per heavy atom. The van der Waals surface area contributed by atoms with Gasteiger partial charge in [-0.3, -0.25) is 4.79 Å². The second-order valence-electron chi connectivity index (χ2n) is 7.29. The molecule has 4 rings (SSSR count). The molecule has 0 unspecified atom stereocenters. The number of benzene rings is 2. The molecule has 0 saturated carbocycles. The second kappa shape index (κ2) is 9.53. The van der Waals surface area contributed by atoms with Crippen LogP contribution >= 0.6 is 0 Å². The van der Waals surface area contributed by atoms with Crippen LogP contribution in [0.25, 0.3) is 11.5 Å². The Morgan fingerprint density at radius 1 is 1.03 bits per heavy atom. The predicted octanol–water partition coefficient (Wildman–Crippen LogP) is 3.15. The largest absolute Gasteiger partial charge is 0.497 e. The fourth-order valence-corrected chi connectivity index (χ4v) is 3.24. The van der Waals surface area contributed by atoms with E-state index in [0.717, 1.165) is 11.3 Å². The minimum absolute atomic E-state index is 0.0155. The van der Waals surface area contributed by atoms with Crippen LogP contribution < -0.4 is 25.3 Å². The molecule has 34 heavy (non-hydrogen) atoms. The zero-order valence-electron chi connectivity index (χ0n) is 19.2. The van der Waals surface area contributed by atoms with Crippen molar-refractivity contribution < 1.29 is 23.4 Å². The highest BCUT2D eigenvalue weighted by Crippen LogP contribution is 2.27. The number of amides is 1. The molecule has 1 amide bonds. The van der Waals surface area contributed by atoms with E-state index in [0.29, 0.717) is 34.5 Å². The quantitative estimate of drug-likeness (QED) is 0.402. The maximum atomic E-state index is 12.8. The fraction of sp³-hybridized carbons (Fsp3) is 0.217. The summed E-state index contributed by atoms with van der Waals surface area (Å²) in [5.74, 6) is 2.44. The molecule has 0 aliphatic heterocycles. The number of aryl methyl sites for hydroxylation is 1. The molecule has 11 heteroatoms. The highest BCUT2D eigenvalue weighted by atomic mass is 16.5. The minimum atomic E-state index is -0.519. The van der Waals surface area contributed by atoms with Gasteiger partial charge in [-0.15, -0.1) is 5.10 Å². The molecule has 0 atom stereocenters. The van der Waals surface area contributed by atoms with Crippen molar-refractivity contribution in [3.8, 4) is 28.7 Å². The molecule has 2 aromatic carbocycles. The third kappa shape index (κ3) is 4.63. The number of aromatic nitrogens is 4. The fourth-order valence-electron chi connectivity index (χ4n) is 3.24. The molecule has 2 heterocycles. The van der Waals surface area contributed by atoms with E-state index >= 15 is 0 Å². The average Bonchev–Trinajstić information content (AvgIpc) is 3.41. The summed E-state index contributed by atoms with van der Waals surface area (Å²) in [6.07, 6.45) is 0. The summed E-state index contributed by atoms with van der Waals surface area (Å²) >= 11 is 0. The molecular weight excluding hydrogens is 440 g/mol. The zero-order chi connectivity index (χ0) is 24.2. The van der Waals surface area contributed by atoms with Gasteiger partial charge in [-0.25, -0.2) is 9.67 Å². The smallest absolute Gasteiger partial charge is 0.280 e. The van der Waals surface area contributed by atoms with Crippen LogP contribution in [0.15, 0.2) is 46.9 Å². The Labute approximate surface area is 195 Å². The number of hydrogen-bond donors (Lipinski definition) is 2. The summed E-state index contributed by atoms with van der Waals surface area (Å²) in [6, 6.07) is 12.4. The average molecular weight is 464 g/mol. The topological polar surface area (TPSA) is 140 Å². The van der Waals surface area contributed by atoms with Gasteiger partial charge in [0.15, 0.2) is 11.5 Å². The van der Waals surface area contributed by atoms with Crippen molar-refractivity contribution in [2.24, 2.45) is 0 Å². The first kappa shape index (κ1) is 22.6. The number of ether oxygens (including phenoxy) is 3. The summed E-state index contributed by atoms with van der Waals surface area (Å²) in [5, 5.41) is 10.7. The lowest BCUT2D eigenvalue weighted by Gasteiger charge is -2.09. The van der Waals surface area contributed by atoms with Crippen LogP contribution in [0, 0.1) is 6.92 Å². The van der Waals surface area contributed by atoms with E-state index in [4.69, 9.17) is 24.4 Å². The van der Waals surface area contributed by atoms with Gasteiger partial charge in [0.2, 0.25) is 5.89 Å². The van der Waals surface area contributed by atoms with Gasteiger partial charge in [0, 0.05) is 29.4 Å². The van der Waals surface area contributed by atoms with Gasteiger partial charge in [-0.1, -0.05) is 5.21 Å². The maximum absolute atomic E-state index is 12.8. The zero-order valence-corrected chi connectivity index (χ0v) is 19.2. The molecule has 0 aliphatic carbocycles. The van der Waals surface area contributed by atoms with Crippen LogP contribution in [-0.2, 0) is 6.54 Å². The highest BCUT2D eigenvalue weighted by molar-refractivity contribution is 6.05. The Hall–Kier alpha value is -4.54. The number of nitrogen functional groups attached to an aromatic ring is 1. The number of oxazole rings is 1. The number of methoxy groups -OCH3 is 3. The molecule has 2 aromatic heterocycles. The number of nitrogens with one attached hydrogen (secondary N) is 1. The molecular formula is C23H24N6O5. The molecule has 0 fully saturated rings. The standard InChI is InChI=1S/C23H24N6O5/c1-13-19(26-23(34-13)14-5-7-16(31-2)8-6-14)12-29-21(24)20(27-28-29)22(30)25-15-9-17(32-3)11-18(10-15)33-4/h5-11H,12,24H2,1-4H3,(H,25,30). The minimum Gasteiger partial charge on any atom is -0.497 e. The third-order valence-corrected chi connectivity index (χ3v) is 5.13. The number of hydrogen-bond acceptors (Lipinski definition) is 9. The normalized spacial score (nSPS) is 10.7. The first-order chi connectivity index (χ1) is 16.4. The lowest BCUT2D eigenvalue weighted by Crippen LogP contribution is -2.15. The summed E-state index contributed by atoms with van der Waals surface area (Å²) < 4.78 is 22.8. The number of nitrogens with zero attached hydrogens (tertiary/aromatic N) is 4. The van der Waals surface area contributed by atoms with Gasteiger partial charge in [0.1, 0.15) is 28.7 Å². The first-order valence-corrected chi connectivity index (χ1v) is 10.3. The van der Waals surface area contributed by atoms with Crippen molar-refractivity contribution in [2.75, 3.05) is 32.4 Å². The number of nitrogens with two attached hydrogens (primary N) is 1. The summed E-state index contributed by atoms with van der Waals surface area (Å²) in [7, 11) is 4.65. The predicted molar refractivity (Wildman–Crippen MR) is 124 cm³/mol. The Bertz CT molecular complexity index is 1290. The van der Waals surface area contributed by atoms with Crippen molar-refractivity contribution in [1.29, 1.82) is 0 Å². The van der Waals surface area contributed by atoms with Crippen molar-refractivity contribution in [1.82, 2.24) is 20.0 Å². The van der Waals surface area contributed by atoms with Crippen LogP contribution in [0.5, 0.6) is 17.2 Å². The van der Waals surface area contributed by atoms with Gasteiger partial charge in [-0.05, 0) is 31.2 Å². The molecule has 0 saturated heterocycles. The summed E-state index contributed by atoms with van der Waals surface area (Å²) in [5.41, 5.74) is 8.04. The molecule has 0 radical (unpaired) electrons. The summed E-state index contributed by atoms with van der Waals surface area (Å²) in [4.78, 5) is 17.3. The van der Waals surface area contributed by atoms with Crippen LogP contribution in [0.4, 0.5) is 11.5 Å². The maximum Gasteiger partial charge on any atom is 0.280 e. The van der Waals surface area contributed by atoms with E-state index in [2.05, 4.69) is 20.6 Å². The molecule has 11 nitrogen and oxygen atoms in total. The van der Waals surface area contributed by atoms with Crippen molar-refractivity contribution in [3.63, 3.8) is 0 Å². The number of carbonyl (C=O) groups excluding carboxylic acids is 1. The molecule has 176 valence electrons.